The zero-order chi connectivity index (χ0) is 18.3. The summed E-state index contributed by atoms with van der Waals surface area (Å²) in [5.41, 5.74) is 5.23. The molecule has 0 radical (unpaired) electrons. The summed E-state index contributed by atoms with van der Waals surface area (Å²) in [6, 6.07) is 13.7. The number of nitriles is 2. The summed E-state index contributed by atoms with van der Waals surface area (Å²) in [6.07, 6.45) is 1.72. The number of hydrogen-bond acceptors (Lipinski definition) is 5. The first-order chi connectivity index (χ1) is 12.0. The van der Waals surface area contributed by atoms with Crippen molar-refractivity contribution in [2.24, 2.45) is 16.6 Å². The quantitative estimate of drug-likeness (QED) is 0.586. The van der Waals surface area contributed by atoms with Gasteiger partial charge in [0.2, 0.25) is 10.8 Å². The van der Waals surface area contributed by atoms with Crippen molar-refractivity contribution in [2.75, 3.05) is 14.2 Å². The molecule has 3 rings (SSSR count). The van der Waals surface area contributed by atoms with E-state index in [1.807, 2.05) is 42.6 Å². The largest absolute Gasteiger partial charge is 0.346 e. The number of nitrogens with zero attached hydrogens (tertiary/aromatic N) is 2. The van der Waals surface area contributed by atoms with E-state index in [-0.39, 0.29) is 5.84 Å². The third-order valence-corrected chi connectivity index (χ3v) is 5.29. The van der Waals surface area contributed by atoms with E-state index >= 15 is 0 Å². The van der Waals surface area contributed by atoms with Crippen LogP contribution in [0.3, 0.4) is 0 Å². The molecule has 2 heterocycles. The Morgan fingerprint density at radius 2 is 1.80 bits per heavy atom. The molecule has 7 nitrogen and oxygen atoms in total. The van der Waals surface area contributed by atoms with Gasteiger partial charge in [-0.25, -0.2) is 4.99 Å². The van der Waals surface area contributed by atoms with Gasteiger partial charge in [-0.3, -0.25) is 5.73 Å². The van der Waals surface area contributed by atoms with Crippen LogP contribution in [0, 0.1) is 33.5 Å². The lowest BCUT2D eigenvalue weighted by Gasteiger charge is -2.43. The van der Waals surface area contributed by atoms with Gasteiger partial charge in [-0.1, -0.05) is 30.3 Å². The van der Waals surface area contributed by atoms with Crippen LogP contribution in [0.5, 0.6) is 0 Å². The van der Waals surface area contributed by atoms with Crippen molar-refractivity contribution in [3.63, 3.8) is 0 Å². The highest BCUT2D eigenvalue weighted by molar-refractivity contribution is 5.89. The second-order valence-corrected chi connectivity index (χ2v) is 6.35. The highest BCUT2D eigenvalue weighted by Gasteiger charge is 2.81. The smallest absolute Gasteiger partial charge is 0.316 e. The summed E-state index contributed by atoms with van der Waals surface area (Å²) in [4.78, 5) is 2.95. The normalized spacial score (nSPS) is 32.8. The molecule has 25 heavy (non-hydrogen) atoms. The lowest BCUT2D eigenvalue weighted by Crippen LogP contribution is -2.91. The maximum Gasteiger partial charge on any atom is 0.346 e. The van der Waals surface area contributed by atoms with Gasteiger partial charge in [-0.15, -0.1) is 0 Å². The van der Waals surface area contributed by atoms with Crippen molar-refractivity contribution in [1.29, 1.82) is 10.5 Å². The minimum Gasteiger partial charge on any atom is -0.316 e. The SMILES string of the molecule is COC1(OC)[NH+]=C(N)[C@@]2(C#N)[C@H](c3ccccc3)[NH2+]C(C)=C[C@@]12C#N. The van der Waals surface area contributed by atoms with Crippen LogP contribution >= 0.6 is 0 Å². The van der Waals surface area contributed by atoms with Crippen LogP contribution in [0.2, 0.25) is 0 Å². The number of hydrogen-bond donors (Lipinski definition) is 3. The zero-order valence-electron chi connectivity index (χ0n) is 14.4. The number of amidine groups is 1. The molecule has 0 bridgehead atoms. The minimum atomic E-state index is -1.55. The summed E-state index contributed by atoms with van der Waals surface area (Å²) in [5.74, 6) is -1.39. The fraction of sp³-hybridized carbons (Fsp3) is 0.389. The number of benzene rings is 1. The van der Waals surface area contributed by atoms with Crippen LogP contribution in [-0.2, 0) is 9.47 Å². The highest BCUT2D eigenvalue weighted by atomic mass is 16.7. The summed E-state index contributed by atoms with van der Waals surface area (Å²) in [7, 11) is 2.85. The number of nitrogens with one attached hydrogen (secondary N) is 1. The Hall–Kier alpha value is -2.71. The van der Waals surface area contributed by atoms with Crippen LogP contribution in [0.15, 0.2) is 42.1 Å². The van der Waals surface area contributed by atoms with Crippen LogP contribution in [0.25, 0.3) is 0 Å². The molecule has 3 atom stereocenters. The molecule has 0 aliphatic carbocycles. The maximum atomic E-state index is 10.3. The maximum absolute atomic E-state index is 10.3. The lowest BCUT2D eigenvalue weighted by molar-refractivity contribution is -0.697. The molecule has 2 aliphatic rings. The molecule has 0 amide bonds. The molecule has 5 N–H and O–H groups in total. The molecule has 0 saturated carbocycles. The Balaban J connectivity index is 2.38. The minimum absolute atomic E-state index is 0.161. The van der Waals surface area contributed by atoms with Gasteiger partial charge in [0.25, 0.3) is 5.84 Å². The van der Waals surface area contributed by atoms with Crippen LogP contribution in [-0.4, -0.2) is 26.0 Å². The Labute approximate surface area is 146 Å². The van der Waals surface area contributed by atoms with Crippen molar-refractivity contribution < 1.29 is 19.8 Å². The van der Waals surface area contributed by atoms with E-state index in [0.29, 0.717) is 0 Å². The predicted octanol–water partition coefficient (Wildman–Crippen LogP) is -1.37. The van der Waals surface area contributed by atoms with Gasteiger partial charge < -0.3 is 14.8 Å². The Morgan fingerprint density at radius 3 is 2.32 bits per heavy atom. The first-order valence-corrected chi connectivity index (χ1v) is 7.90. The van der Waals surface area contributed by atoms with Crippen molar-refractivity contribution in [1.82, 2.24) is 0 Å². The third kappa shape index (κ3) is 1.86. The van der Waals surface area contributed by atoms with E-state index in [2.05, 4.69) is 17.1 Å². The van der Waals surface area contributed by atoms with Crippen molar-refractivity contribution in [3.05, 3.63) is 47.7 Å². The monoisotopic (exact) mass is 339 g/mol. The molecule has 2 aliphatic heterocycles. The Kier molecular flexibility index (Phi) is 3.89. The average Bonchev–Trinajstić information content (AvgIpc) is 2.87. The van der Waals surface area contributed by atoms with Crippen LogP contribution < -0.4 is 16.0 Å². The standard InChI is InChI=1S/C18H19N5O2/c1-12-9-16(10-19)17(11-20,15(21)23-18(16,24-2)25-3)14(22-12)13-7-5-4-6-8-13/h4-9,14,22H,1-3H3,(H2,21,23)/p+2/t14-,16-,17+/m0/s1. The fourth-order valence-corrected chi connectivity index (χ4v) is 4.17. The van der Waals surface area contributed by atoms with E-state index in [0.717, 1.165) is 11.3 Å². The molecule has 7 heteroatoms. The van der Waals surface area contributed by atoms with Gasteiger partial charge in [0.05, 0.1) is 12.1 Å². The van der Waals surface area contributed by atoms with Crippen molar-refractivity contribution in [3.8, 4) is 12.1 Å². The Bertz CT molecular complexity index is 831. The van der Waals surface area contributed by atoms with E-state index < -0.39 is 22.8 Å². The number of rotatable bonds is 3. The van der Waals surface area contributed by atoms with Gasteiger partial charge in [0.1, 0.15) is 11.7 Å². The topological polar surface area (TPSA) is 123 Å². The average molecular weight is 339 g/mol. The van der Waals surface area contributed by atoms with E-state index in [1.165, 1.54) is 14.2 Å². The van der Waals surface area contributed by atoms with Gasteiger partial charge in [0, 0.05) is 32.8 Å². The first kappa shape index (κ1) is 17.1. The Morgan fingerprint density at radius 1 is 1.16 bits per heavy atom. The molecular formula is C18H21N5O2+2. The number of quaternary nitrogens is 1. The number of nitrogens with two attached hydrogens (primary N) is 2. The lowest BCUT2D eigenvalue weighted by atomic mass is 9.57. The van der Waals surface area contributed by atoms with E-state index in [4.69, 9.17) is 15.2 Å². The van der Waals surface area contributed by atoms with Gasteiger partial charge in [-0.2, -0.15) is 10.5 Å². The highest BCUT2D eigenvalue weighted by Crippen LogP contribution is 2.56. The zero-order valence-corrected chi connectivity index (χ0v) is 14.4. The van der Waals surface area contributed by atoms with Crippen molar-refractivity contribution in [2.45, 2.75) is 18.9 Å². The fourth-order valence-electron chi connectivity index (χ4n) is 4.17. The number of methoxy groups -OCH3 is 2. The van der Waals surface area contributed by atoms with Crippen molar-refractivity contribution >= 4 is 5.84 Å². The molecule has 0 aromatic heterocycles. The second-order valence-electron chi connectivity index (χ2n) is 6.35. The number of ether oxygens (including phenoxy) is 2. The summed E-state index contributed by atoms with van der Waals surface area (Å²) >= 11 is 0. The molecule has 0 unspecified atom stereocenters. The first-order valence-electron chi connectivity index (χ1n) is 7.90. The van der Waals surface area contributed by atoms with E-state index in [9.17, 15) is 10.5 Å². The second kappa shape index (κ2) is 5.68. The molecule has 1 aromatic carbocycles. The van der Waals surface area contributed by atoms with Gasteiger partial charge in [0.15, 0.2) is 0 Å². The third-order valence-electron chi connectivity index (χ3n) is 5.29. The molecule has 0 saturated heterocycles. The van der Waals surface area contributed by atoms with Gasteiger partial charge in [-0.05, 0) is 0 Å². The molecule has 0 spiro atoms. The summed E-state index contributed by atoms with van der Waals surface area (Å²) in [5, 5.41) is 22.4. The molecule has 0 fully saturated rings. The molecular weight excluding hydrogens is 318 g/mol. The summed E-state index contributed by atoms with van der Waals surface area (Å²) in [6.45, 7) is 1.89. The van der Waals surface area contributed by atoms with Crippen LogP contribution in [0.1, 0.15) is 18.5 Å². The molecule has 128 valence electrons. The summed E-state index contributed by atoms with van der Waals surface area (Å²) < 4.78 is 11.2. The number of allylic oxidation sites excluding steroid dienone is 1. The number of fused-ring (bicyclic) bond motifs is 1. The van der Waals surface area contributed by atoms with Crippen LogP contribution in [0.4, 0.5) is 0 Å². The van der Waals surface area contributed by atoms with Gasteiger partial charge >= 0.3 is 5.91 Å². The van der Waals surface area contributed by atoms with E-state index in [1.54, 1.807) is 6.08 Å². The predicted molar refractivity (Wildman–Crippen MR) is 87.9 cm³/mol. The molecule has 1 aromatic rings.